The van der Waals surface area contributed by atoms with E-state index in [4.69, 9.17) is 47.7 Å². The number of methoxy groups -OCH3 is 1. The number of carboxylic acid groups (broad SMARTS) is 1. The van der Waals surface area contributed by atoms with Crippen molar-refractivity contribution >= 4 is 5.97 Å². The fourth-order valence-corrected chi connectivity index (χ4v) is 3.02. The molecule has 0 aromatic heterocycles. The predicted molar refractivity (Wildman–Crippen MR) is 140 cm³/mol. The second-order valence-electron chi connectivity index (χ2n) is 8.00. The SMILES string of the molecule is COCCOCCOCCOCCOCCOCCOCCOCCOCCCc1cccc(C(=O)O)c1. The van der Waals surface area contributed by atoms with Crippen LogP contribution in [-0.2, 0) is 49.1 Å². The van der Waals surface area contributed by atoms with Crippen LogP contribution < -0.4 is 0 Å². The summed E-state index contributed by atoms with van der Waals surface area (Å²) in [6, 6.07) is 6.98. The summed E-state index contributed by atoms with van der Waals surface area (Å²) in [5.41, 5.74) is 1.31. The summed E-state index contributed by atoms with van der Waals surface area (Å²) < 4.78 is 48.3. The van der Waals surface area contributed by atoms with E-state index in [1.807, 2.05) is 6.07 Å². The minimum absolute atomic E-state index is 0.312. The molecule has 1 aromatic carbocycles. The molecular formula is C27H46O11. The first-order chi connectivity index (χ1) is 18.7. The topological polar surface area (TPSA) is 120 Å². The molecule has 0 amide bonds. The van der Waals surface area contributed by atoms with Gasteiger partial charge in [-0.25, -0.2) is 4.79 Å². The van der Waals surface area contributed by atoms with Gasteiger partial charge in [-0.05, 0) is 30.5 Å². The fourth-order valence-electron chi connectivity index (χ4n) is 3.02. The molecule has 0 saturated heterocycles. The summed E-state index contributed by atoms with van der Waals surface area (Å²) in [6.45, 7) is 9.02. The molecule has 0 saturated carbocycles. The van der Waals surface area contributed by atoms with Gasteiger partial charge >= 0.3 is 5.97 Å². The maximum absolute atomic E-state index is 11.0. The molecule has 11 nitrogen and oxygen atoms in total. The van der Waals surface area contributed by atoms with Crippen molar-refractivity contribution in [2.75, 3.05) is 119 Å². The van der Waals surface area contributed by atoms with E-state index in [0.29, 0.717) is 118 Å². The summed E-state index contributed by atoms with van der Waals surface area (Å²) in [6.07, 6.45) is 1.61. The monoisotopic (exact) mass is 546 g/mol. The summed E-state index contributed by atoms with van der Waals surface area (Å²) in [4.78, 5) is 11.0. The van der Waals surface area contributed by atoms with E-state index in [2.05, 4.69) is 0 Å². The van der Waals surface area contributed by atoms with Gasteiger partial charge in [-0.15, -0.1) is 0 Å². The van der Waals surface area contributed by atoms with Crippen LogP contribution >= 0.6 is 0 Å². The Balaban J connectivity index is 1.70. The maximum Gasteiger partial charge on any atom is 0.335 e. The molecule has 0 aliphatic rings. The summed E-state index contributed by atoms with van der Waals surface area (Å²) >= 11 is 0. The second kappa shape index (κ2) is 26.9. The van der Waals surface area contributed by atoms with Gasteiger partial charge < -0.3 is 47.7 Å². The lowest BCUT2D eigenvalue weighted by Gasteiger charge is -2.09. The molecule has 0 fully saturated rings. The number of ether oxygens (including phenoxy) is 9. The molecule has 0 radical (unpaired) electrons. The molecule has 0 atom stereocenters. The standard InChI is InChI=1S/C27H46O11/c1-30-8-9-32-12-13-34-16-17-36-20-21-38-23-22-37-19-18-35-15-14-33-11-10-31-7-3-5-25-4-2-6-26(24-25)27(28)29/h2,4,6,24H,3,5,7-23H2,1H3,(H,28,29). The summed E-state index contributed by atoms with van der Waals surface area (Å²) in [5.74, 6) is -0.908. The van der Waals surface area contributed by atoms with Crippen LogP contribution in [0.5, 0.6) is 0 Å². The highest BCUT2D eigenvalue weighted by molar-refractivity contribution is 5.87. The lowest BCUT2D eigenvalue weighted by molar-refractivity contribution is -0.0243. The number of hydrogen-bond donors (Lipinski definition) is 1. The van der Waals surface area contributed by atoms with E-state index >= 15 is 0 Å². The molecule has 220 valence electrons. The Morgan fingerprint density at radius 3 is 1.32 bits per heavy atom. The Hall–Kier alpha value is -1.67. The van der Waals surface area contributed by atoms with Crippen LogP contribution in [0.25, 0.3) is 0 Å². The average Bonchev–Trinajstić information content (AvgIpc) is 2.92. The van der Waals surface area contributed by atoms with Crippen molar-refractivity contribution in [1.82, 2.24) is 0 Å². The molecule has 1 aromatic rings. The minimum Gasteiger partial charge on any atom is -0.478 e. The van der Waals surface area contributed by atoms with Gasteiger partial charge in [-0.3, -0.25) is 0 Å². The molecule has 1 rings (SSSR count). The van der Waals surface area contributed by atoms with Gasteiger partial charge in [0, 0.05) is 13.7 Å². The van der Waals surface area contributed by atoms with E-state index in [1.165, 1.54) is 0 Å². The molecule has 0 aliphatic heterocycles. The number of carboxylic acids is 1. The molecule has 38 heavy (non-hydrogen) atoms. The number of aryl methyl sites for hydroxylation is 1. The van der Waals surface area contributed by atoms with Gasteiger partial charge in [0.05, 0.1) is 111 Å². The van der Waals surface area contributed by atoms with Crippen molar-refractivity contribution in [1.29, 1.82) is 0 Å². The highest BCUT2D eigenvalue weighted by Gasteiger charge is 2.03. The normalized spacial score (nSPS) is 11.3. The quantitative estimate of drug-likeness (QED) is 0.149. The first kappa shape index (κ1) is 34.4. The van der Waals surface area contributed by atoms with Crippen molar-refractivity contribution in [2.24, 2.45) is 0 Å². The van der Waals surface area contributed by atoms with E-state index in [0.717, 1.165) is 18.4 Å². The molecule has 0 unspecified atom stereocenters. The van der Waals surface area contributed by atoms with E-state index in [1.54, 1.807) is 25.3 Å². The van der Waals surface area contributed by atoms with E-state index in [-0.39, 0.29) is 0 Å². The largest absolute Gasteiger partial charge is 0.478 e. The Labute approximate surface area is 226 Å². The first-order valence-electron chi connectivity index (χ1n) is 13.2. The molecule has 1 N–H and O–H groups in total. The Kier molecular flexibility index (Phi) is 24.3. The van der Waals surface area contributed by atoms with Crippen molar-refractivity contribution in [3.63, 3.8) is 0 Å². The van der Waals surface area contributed by atoms with Crippen LogP contribution in [0.1, 0.15) is 22.3 Å². The van der Waals surface area contributed by atoms with Gasteiger partial charge in [-0.2, -0.15) is 0 Å². The van der Waals surface area contributed by atoms with Crippen molar-refractivity contribution in [3.8, 4) is 0 Å². The Morgan fingerprint density at radius 2 is 0.947 bits per heavy atom. The van der Waals surface area contributed by atoms with Crippen LogP contribution in [-0.4, -0.2) is 131 Å². The average molecular weight is 547 g/mol. The molecule has 0 aliphatic carbocycles. The van der Waals surface area contributed by atoms with Gasteiger partial charge in [0.1, 0.15) is 0 Å². The Morgan fingerprint density at radius 1 is 0.579 bits per heavy atom. The lowest BCUT2D eigenvalue weighted by atomic mass is 10.1. The zero-order valence-corrected chi connectivity index (χ0v) is 22.8. The summed E-state index contributed by atoms with van der Waals surface area (Å²) in [7, 11) is 1.64. The smallest absolute Gasteiger partial charge is 0.335 e. The highest BCUT2D eigenvalue weighted by atomic mass is 16.6. The van der Waals surface area contributed by atoms with Gasteiger partial charge in [-0.1, -0.05) is 12.1 Å². The zero-order chi connectivity index (χ0) is 27.4. The third-order valence-electron chi connectivity index (χ3n) is 4.96. The molecule has 0 heterocycles. The van der Waals surface area contributed by atoms with Gasteiger partial charge in [0.25, 0.3) is 0 Å². The van der Waals surface area contributed by atoms with Crippen LogP contribution in [0.3, 0.4) is 0 Å². The molecule has 11 heteroatoms. The van der Waals surface area contributed by atoms with Crippen molar-refractivity contribution in [2.45, 2.75) is 12.8 Å². The summed E-state index contributed by atoms with van der Waals surface area (Å²) in [5, 5.41) is 9.01. The molecule has 0 spiro atoms. The second-order valence-corrected chi connectivity index (χ2v) is 8.00. The third kappa shape index (κ3) is 22.3. The number of hydrogen-bond acceptors (Lipinski definition) is 10. The minimum atomic E-state index is -0.908. The third-order valence-corrected chi connectivity index (χ3v) is 4.96. The van der Waals surface area contributed by atoms with Gasteiger partial charge in [0.2, 0.25) is 0 Å². The maximum atomic E-state index is 11.0. The predicted octanol–water partition coefficient (Wildman–Crippen LogP) is 2.10. The van der Waals surface area contributed by atoms with Crippen LogP contribution in [0.2, 0.25) is 0 Å². The Bertz CT molecular complexity index is 660. The molecular weight excluding hydrogens is 500 g/mol. The van der Waals surface area contributed by atoms with Crippen LogP contribution in [0, 0.1) is 0 Å². The van der Waals surface area contributed by atoms with Crippen molar-refractivity contribution in [3.05, 3.63) is 35.4 Å². The number of benzene rings is 1. The number of rotatable bonds is 29. The van der Waals surface area contributed by atoms with Crippen LogP contribution in [0.15, 0.2) is 24.3 Å². The van der Waals surface area contributed by atoms with E-state index in [9.17, 15) is 4.79 Å². The molecule has 0 bridgehead atoms. The number of carbonyl (C=O) groups is 1. The van der Waals surface area contributed by atoms with Crippen LogP contribution in [0.4, 0.5) is 0 Å². The first-order valence-corrected chi connectivity index (χ1v) is 13.2. The van der Waals surface area contributed by atoms with Crippen molar-refractivity contribution < 1.29 is 52.5 Å². The fraction of sp³-hybridized carbons (Fsp3) is 0.741. The lowest BCUT2D eigenvalue weighted by Crippen LogP contribution is -2.15. The number of aromatic carboxylic acids is 1. The highest BCUT2D eigenvalue weighted by Crippen LogP contribution is 2.07. The zero-order valence-electron chi connectivity index (χ0n) is 22.8. The van der Waals surface area contributed by atoms with E-state index < -0.39 is 5.97 Å². The van der Waals surface area contributed by atoms with Gasteiger partial charge in [0.15, 0.2) is 0 Å².